The quantitative estimate of drug-likeness (QED) is 0.672. The predicted molar refractivity (Wildman–Crippen MR) is 87.5 cm³/mol. The van der Waals surface area contributed by atoms with E-state index in [1.807, 2.05) is 13.0 Å². The van der Waals surface area contributed by atoms with Crippen LogP contribution in [-0.4, -0.2) is 21.8 Å². The van der Waals surface area contributed by atoms with E-state index in [1.54, 1.807) is 18.3 Å². The van der Waals surface area contributed by atoms with Gasteiger partial charge in [-0.25, -0.2) is 5.43 Å². The smallest absolute Gasteiger partial charge is 0.271 e. The molecule has 22 heavy (non-hydrogen) atoms. The minimum atomic E-state index is -0.357. The fourth-order valence-corrected chi connectivity index (χ4v) is 2.60. The summed E-state index contributed by atoms with van der Waals surface area (Å²) >= 11 is 0. The van der Waals surface area contributed by atoms with Crippen molar-refractivity contribution < 1.29 is 9.90 Å². The van der Waals surface area contributed by atoms with E-state index in [4.69, 9.17) is 0 Å². The van der Waals surface area contributed by atoms with Gasteiger partial charge in [0, 0.05) is 28.6 Å². The van der Waals surface area contributed by atoms with Gasteiger partial charge in [0.15, 0.2) is 0 Å². The van der Waals surface area contributed by atoms with Gasteiger partial charge in [0.1, 0.15) is 5.75 Å². The number of amides is 1. The highest BCUT2D eigenvalue weighted by molar-refractivity contribution is 5.95. The van der Waals surface area contributed by atoms with Crippen molar-refractivity contribution in [3.8, 4) is 5.75 Å². The summed E-state index contributed by atoms with van der Waals surface area (Å²) in [6.45, 7) is 8.34. The molecule has 5 nitrogen and oxygen atoms in total. The van der Waals surface area contributed by atoms with E-state index in [-0.39, 0.29) is 11.7 Å². The molecule has 0 saturated carbocycles. The van der Waals surface area contributed by atoms with Gasteiger partial charge >= 0.3 is 0 Å². The van der Waals surface area contributed by atoms with Gasteiger partial charge < -0.3 is 9.67 Å². The largest absolute Gasteiger partial charge is 0.508 e. The molecule has 0 unspecified atom stereocenters. The first-order chi connectivity index (χ1) is 10.4. The molecular weight excluding hydrogens is 278 g/mol. The van der Waals surface area contributed by atoms with Gasteiger partial charge in [-0.1, -0.05) is 6.07 Å². The number of aromatic hydroxyl groups is 1. The number of hydrogen-bond donors (Lipinski definition) is 2. The van der Waals surface area contributed by atoms with Crippen molar-refractivity contribution in [2.45, 2.75) is 33.7 Å². The summed E-state index contributed by atoms with van der Waals surface area (Å²) in [7, 11) is 0. The predicted octanol–water partition coefficient (Wildman–Crippen LogP) is 3.16. The Hall–Kier alpha value is -2.56. The monoisotopic (exact) mass is 299 g/mol. The number of rotatable bonds is 4. The summed E-state index contributed by atoms with van der Waals surface area (Å²) in [5.41, 5.74) is 6.08. The van der Waals surface area contributed by atoms with Crippen LogP contribution in [0.3, 0.4) is 0 Å². The van der Waals surface area contributed by atoms with Gasteiger partial charge in [0.25, 0.3) is 5.91 Å². The molecule has 1 aromatic heterocycles. The number of nitrogens with zero attached hydrogens (tertiary/aromatic N) is 2. The molecule has 116 valence electrons. The number of aromatic nitrogens is 1. The van der Waals surface area contributed by atoms with Crippen molar-refractivity contribution >= 4 is 12.1 Å². The van der Waals surface area contributed by atoms with Crippen LogP contribution in [-0.2, 0) is 0 Å². The molecule has 0 aliphatic heterocycles. The zero-order valence-electron chi connectivity index (χ0n) is 13.3. The highest BCUT2D eigenvalue weighted by atomic mass is 16.3. The lowest BCUT2D eigenvalue weighted by molar-refractivity contribution is 0.0954. The number of carbonyl (C=O) groups excluding carboxylic acids is 1. The fourth-order valence-electron chi connectivity index (χ4n) is 2.60. The van der Waals surface area contributed by atoms with E-state index < -0.39 is 0 Å². The highest BCUT2D eigenvalue weighted by Crippen LogP contribution is 2.18. The number of phenols is 1. The lowest BCUT2D eigenvalue weighted by Crippen LogP contribution is -2.17. The Balaban J connectivity index is 2.10. The molecule has 0 aliphatic carbocycles. The van der Waals surface area contributed by atoms with Gasteiger partial charge in [-0.2, -0.15) is 5.10 Å². The molecule has 2 N–H and O–H groups in total. The molecule has 0 aliphatic rings. The molecule has 0 atom stereocenters. The Labute approximate surface area is 130 Å². The molecule has 0 fully saturated rings. The lowest BCUT2D eigenvalue weighted by Gasteiger charge is -2.13. The maximum atomic E-state index is 11.9. The first-order valence-electron chi connectivity index (χ1n) is 7.21. The Morgan fingerprint density at radius 1 is 1.32 bits per heavy atom. The average molecular weight is 299 g/mol. The topological polar surface area (TPSA) is 66.6 Å². The summed E-state index contributed by atoms with van der Waals surface area (Å²) in [5.74, 6) is -0.304. The minimum absolute atomic E-state index is 0.0529. The van der Waals surface area contributed by atoms with E-state index in [0.717, 1.165) is 17.0 Å². The zero-order chi connectivity index (χ0) is 16.3. The molecular formula is C17H21N3O2. The van der Waals surface area contributed by atoms with Gasteiger partial charge in [-0.15, -0.1) is 0 Å². The van der Waals surface area contributed by atoms with Crippen LogP contribution in [0.1, 0.15) is 47.2 Å². The molecule has 1 heterocycles. The second kappa shape index (κ2) is 6.47. The maximum Gasteiger partial charge on any atom is 0.271 e. The second-order valence-corrected chi connectivity index (χ2v) is 5.54. The number of carbonyl (C=O) groups is 1. The third-order valence-corrected chi connectivity index (χ3v) is 3.52. The van der Waals surface area contributed by atoms with Crippen LogP contribution in [0.2, 0.25) is 0 Å². The zero-order valence-corrected chi connectivity index (χ0v) is 13.3. The van der Waals surface area contributed by atoms with Gasteiger partial charge in [-0.05, 0) is 52.0 Å². The molecule has 2 aromatic rings. The standard InChI is InChI=1S/C17H21N3O2/c1-11(2)20-12(3)8-15(13(20)4)10-18-19-17(22)14-6-5-7-16(21)9-14/h5-11,21H,1-4H3,(H,19,22)/b18-10-. The van der Waals surface area contributed by atoms with Crippen LogP contribution in [0.15, 0.2) is 35.4 Å². The third-order valence-electron chi connectivity index (χ3n) is 3.52. The third kappa shape index (κ3) is 3.36. The number of benzene rings is 1. The van der Waals surface area contributed by atoms with Crippen LogP contribution in [0.5, 0.6) is 5.75 Å². The minimum Gasteiger partial charge on any atom is -0.508 e. The number of hydrogen-bond acceptors (Lipinski definition) is 3. The molecule has 1 aromatic carbocycles. The molecule has 0 radical (unpaired) electrons. The fraction of sp³-hybridized carbons (Fsp3) is 0.294. The summed E-state index contributed by atoms with van der Waals surface area (Å²) < 4.78 is 2.22. The molecule has 0 bridgehead atoms. The number of hydrazone groups is 1. The Bertz CT molecular complexity index is 715. The summed E-state index contributed by atoms with van der Waals surface area (Å²) in [4.78, 5) is 11.9. The molecule has 2 rings (SSSR count). The van der Waals surface area contributed by atoms with Crippen LogP contribution in [0, 0.1) is 13.8 Å². The molecule has 0 saturated heterocycles. The second-order valence-electron chi connectivity index (χ2n) is 5.54. The Kier molecular flexibility index (Phi) is 4.65. The van der Waals surface area contributed by atoms with Crippen molar-refractivity contribution in [1.29, 1.82) is 0 Å². The van der Waals surface area contributed by atoms with E-state index in [9.17, 15) is 9.90 Å². The lowest BCUT2D eigenvalue weighted by atomic mass is 10.2. The van der Waals surface area contributed by atoms with E-state index in [2.05, 4.69) is 35.9 Å². The van der Waals surface area contributed by atoms with Gasteiger partial charge in [0.2, 0.25) is 0 Å². The van der Waals surface area contributed by atoms with E-state index in [1.165, 1.54) is 12.1 Å². The highest BCUT2D eigenvalue weighted by Gasteiger charge is 2.10. The summed E-state index contributed by atoms with van der Waals surface area (Å²) in [5, 5.41) is 13.4. The number of nitrogens with one attached hydrogen (secondary N) is 1. The van der Waals surface area contributed by atoms with E-state index in [0.29, 0.717) is 11.6 Å². The van der Waals surface area contributed by atoms with Crippen LogP contribution in [0.25, 0.3) is 0 Å². The van der Waals surface area contributed by atoms with Crippen LogP contribution >= 0.6 is 0 Å². The molecule has 0 spiro atoms. The van der Waals surface area contributed by atoms with Crippen molar-refractivity contribution in [3.63, 3.8) is 0 Å². The first-order valence-corrected chi connectivity index (χ1v) is 7.21. The van der Waals surface area contributed by atoms with E-state index >= 15 is 0 Å². The van der Waals surface area contributed by atoms with Crippen LogP contribution in [0.4, 0.5) is 0 Å². The number of phenolic OH excluding ortho intramolecular Hbond substituents is 1. The van der Waals surface area contributed by atoms with Crippen molar-refractivity contribution in [1.82, 2.24) is 9.99 Å². The van der Waals surface area contributed by atoms with Crippen molar-refractivity contribution in [2.24, 2.45) is 5.10 Å². The Morgan fingerprint density at radius 3 is 2.64 bits per heavy atom. The summed E-state index contributed by atoms with van der Waals surface area (Å²) in [6, 6.07) is 8.57. The molecule has 5 heteroatoms. The molecule has 1 amide bonds. The van der Waals surface area contributed by atoms with Gasteiger partial charge in [-0.3, -0.25) is 4.79 Å². The number of aryl methyl sites for hydroxylation is 1. The maximum absolute atomic E-state index is 11.9. The normalized spacial score (nSPS) is 11.3. The van der Waals surface area contributed by atoms with Crippen LogP contribution < -0.4 is 5.43 Å². The van der Waals surface area contributed by atoms with Crippen molar-refractivity contribution in [3.05, 3.63) is 52.8 Å². The SMILES string of the molecule is Cc1cc(/C=N\NC(=O)c2cccc(O)c2)c(C)n1C(C)C. The Morgan fingerprint density at radius 2 is 2.05 bits per heavy atom. The van der Waals surface area contributed by atoms with Gasteiger partial charge in [0.05, 0.1) is 6.21 Å². The van der Waals surface area contributed by atoms with Crippen molar-refractivity contribution in [2.75, 3.05) is 0 Å². The first kappa shape index (κ1) is 15.8. The summed E-state index contributed by atoms with van der Waals surface area (Å²) in [6.07, 6.45) is 1.64. The average Bonchev–Trinajstić information content (AvgIpc) is 2.73.